The third-order valence-electron chi connectivity index (χ3n) is 2.63. The van der Waals surface area contributed by atoms with Crippen molar-refractivity contribution < 1.29 is 4.79 Å². The highest BCUT2D eigenvalue weighted by atomic mass is 16.1. The quantitative estimate of drug-likeness (QED) is 0.730. The van der Waals surface area contributed by atoms with Crippen LogP contribution < -0.4 is 11.1 Å². The average molecular weight is 238 g/mol. The van der Waals surface area contributed by atoms with Crippen molar-refractivity contribution in [3.63, 3.8) is 0 Å². The summed E-state index contributed by atoms with van der Waals surface area (Å²) < 4.78 is 1.83. The van der Waals surface area contributed by atoms with Crippen LogP contribution in [-0.4, -0.2) is 22.0 Å². The van der Waals surface area contributed by atoms with Gasteiger partial charge in [0.15, 0.2) is 0 Å². The molecule has 0 aliphatic heterocycles. The largest absolute Gasteiger partial charge is 0.355 e. The normalized spacial score (nSPS) is 12.5. The molecule has 0 aliphatic carbocycles. The topological polar surface area (TPSA) is 72.9 Å². The second kappa shape index (κ2) is 6.39. The number of unbranched alkanes of at least 4 members (excludes halogenated alkanes) is 1. The first-order valence-electron chi connectivity index (χ1n) is 6.10. The molecule has 0 saturated carbocycles. The smallest absolute Gasteiger partial charge is 0.239 e. The first kappa shape index (κ1) is 13.7. The maximum absolute atomic E-state index is 11.6. The van der Waals surface area contributed by atoms with Gasteiger partial charge in [-0.25, -0.2) is 4.98 Å². The van der Waals surface area contributed by atoms with Crippen molar-refractivity contribution in [3.8, 4) is 0 Å². The maximum atomic E-state index is 11.6. The molecule has 0 radical (unpaired) electrons. The van der Waals surface area contributed by atoms with E-state index in [9.17, 15) is 4.79 Å². The molecule has 1 aromatic heterocycles. The molecule has 0 saturated heterocycles. The minimum atomic E-state index is -0.0990. The van der Waals surface area contributed by atoms with E-state index in [0.29, 0.717) is 6.54 Å². The number of nitrogens with zero attached hydrogens (tertiary/aromatic N) is 2. The highest BCUT2D eigenvalue weighted by Gasteiger charge is 2.10. The monoisotopic (exact) mass is 238 g/mol. The fourth-order valence-corrected chi connectivity index (χ4v) is 1.53. The van der Waals surface area contributed by atoms with Crippen LogP contribution in [0, 0.1) is 6.92 Å². The Bertz CT molecular complexity index is 371. The number of nitrogens with one attached hydrogen (secondary N) is 1. The summed E-state index contributed by atoms with van der Waals surface area (Å²) >= 11 is 0. The Morgan fingerprint density at radius 3 is 2.88 bits per heavy atom. The summed E-state index contributed by atoms with van der Waals surface area (Å²) in [5.74, 6) is 0.845. The van der Waals surface area contributed by atoms with Crippen LogP contribution in [0.25, 0.3) is 0 Å². The van der Waals surface area contributed by atoms with Gasteiger partial charge in [-0.2, -0.15) is 0 Å². The highest BCUT2D eigenvalue weighted by molar-refractivity contribution is 5.75. The van der Waals surface area contributed by atoms with Crippen molar-refractivity contribution >= 4 is 5.91 Å². The lowest BCUT2D eigenvalue weighted by Crippen LogP contribution is -2.28. The minimum absolute atomic E-state index is 0.0233. The molecule has 1 amide bonds. The molecule has 0 aliphatic rings. The van der Waals surface area contributed by atoms with E-state index >= 15 is 0 Å². The third kappa shape index (κ3) is 4.19. The molecule has 3 N–H and O–H groups in total. The summed E-state index contributed by atoms with van der Waals surface area (Å²) in [5.41, 5.74) is 6.57. The highest BCUT2D eigenvalue weighted by Crippen LogP contribution is 2.09. The summed E-state index contributed by atoms with van der Waals surface area (Å²) in [7, 11) is 0. The molecule has 0 spiro atoms. The van der Waals surface area contributed by atoms with E-state index in [4.69, 9.17) is 5.73 Å². The summed E-state index contributed by atoms with van der Waals surface area (Å²) in [6.45, 7) is 6.91. The summed E-state index contributed by atoms with van der Waals surface area (Å²) in [5, 5.41) is 2.88. The molecule has 17 heavy (non-hydrogen) atoms. The van der Waals surface area contributed by atoms with Gasteiger partial charge >= 0.3 is 0 Å². The molecule has 1 heterocycles. The Hall–Kier alpha value is -1.36. The van der Waals surface area contributed by atoms with E-state index in [1.165, 1.54) is 0 Å². The van der Waals surface area contributed by atoms with E-state index in [1.807, 2.05) is 24.6 Å². The molecule has 0 unspecified atom stereocenters. The number of carbonyl (C=O) groups is 1. The fourth-order valence-electron chi connectivity index (χ4n) is 1.53. The number of nitrogens with two attached hydrogens (primary N) is 1. The van der Waals surface area contributed by atoms with Gasteiger partial charge in [-0.1, -0.05) is 13.3 Å². The van der Waals surface area contributed by atoms with E-state index in [0.717, 1.165) is 30.9 Å². The van der Waals surface area contributed by atoms with E-state index in [-0.39, 0.29) is 11.9 Å². The van der Waals surface area contributed by atoms with Gasteiger partial charge in [-0.15, -0.1) is 0 Å². The van der Waals surface area contributed by atoms with Crippen LogP contribution in [0.4, 0.5) is 0 Å². The molecule has 5 nitrogen and oxygen atoms in total. The number of hydrogen-bond donors (Lipinski definition) is 2. The minimum Gasteiger partial charge on any atom is -0.355 e. The third-order valence-corrected chi connectivity index (χ3v) is 2.63. The van der Waals surface area contributed by atoms with Crippen LogP contribution in [0.2, 0.25) is 0 Å². The molecule has 0 fully saturated rings. The molecule has 96 valence electrons. The van der Waals surface area contributed by atoms with Crippen LogP contribution in [0.3, 0.4) is 0 Å². The number of aromatic nitrogens is 2. The van der Waals surface area contributed by atoms with E-state index < -0.39 is 0 Å². The van der Waals surface area contributed by atoms with Crippen LogP contribution >= 0.6 is 0 Å². The van der Waals surface area contributed by atoms with E-state index in [2.05, 4.69) is 17.2 Å². The second-order valence-corrected chi connectivity index (χ2v) is 4.33. The predicted octanol–water partition coefficient (Wildman–Crippen LogP) is 1.13. The number of hydrogen-bond acceptors (Lipinski definition) is 3. The molecule has 0 bridgehead atoms. The van der Waals surface area contributed by atoms with Crippen LogP contribution in [0.15, 0.2) is 6.20 Å². The Labute approximate surface area is 102 Å². The zero-order valence-corrected chi connectivity index (χ0v) is 10.9. The van der Waals surface area contributed by atoms with Crippen LogP contribution in [0.5, 0.6) is 0 Å². The van der Waals surface area contributed by atoms with Crippen LogP contribution in [0.1, 0.15) is 44.2 Å². The molecular weight excluding hydrogens is 216 g/mol. The Morgan fingerprint density at radius 2 is 2.35 bits per heavy atom. The van der Waals surface area contributed by atoms with Crippen molar-refractivity contribution in [2.45, 2.75) is 46.2 Å². The van der Waals surface area contributed by atoms with Gasteiger partial charge in [-0.3, -0.25) is 4.79 Å². The van der Waals surface area contributed by atoms with Crippen molar-refractivity contribution in [1.29, 1.82) is 0 Å². The molecule has 5 heteroatoms. The van der Waals surface area contributed by atoms with Crippen molar-refractivity contribution in [2.75, 3.05) is 6.54 Å². The van der Waals surface area contributed by atoms with E-state index in [1.54, 1.807) is 0 Å². The lowest BCUT2D eigenvalue weighted by atomic mass is 10.3. The van der Waals surface area contributed by atoms with Gasteiger partial charge in [-0.05, 0) is 20.3 Å². The Balaban J connectivity index is 2.53. The fraction of sp³-hybridized carbons (Fsp3) is 0.667. The maximum Gasteiger partial charge on any atom is 0.239 e. The van der Waals surface area contributed by atoms with Gasteiger partial charge < -0.3 is 15.6 Å². The van der Waals surface area contributed by atoms with Gasteiger partial charge in [0.05, 0.1) is 5.69 Å². The Kier molecular flexibility index (Phi) is 5.15. The average Bonchev–Trinajstić information content (AvgIpc) is 2.61. The molecule has 0 aromatic carbocycles. The molecule has 1 atom stereocenters. The lowest BCUT2D eigenvalue weighted by Gasteiger charge is -2.06. The van der Waals surface area contributed by atoms with Gasteiger partial charge in [0.2, 0.25) is 5.91 Å². The molecular formula is C12H22N4O. The van der Waals surface area contributed by atoms with Crippen molar-refractivity contribution in [2.24, 2.45) is 5.73 Å². The second-order valence-electron chi connectivity index (χ2n) is 4.33. The van der Waals surface area contributed by atoms with Gasteiger partial charge in [0.1, 0.15) is 12.4 Å². The predicted molar refractivity (Wildman–Crippen MR) is 67.5 cm³/mol. The summed E-state index contributed by atoms with van der Waals surface area (Å²) in [4.78, 5) is 15.9. The molecule has 1 rings (SSSR count). The number of carbonyl (C=O) groups excluding carboxylic acids is 1. The first-order valence-corrected chi connectivity index (χ1v) is 6.10. The first-order chi connectivity index (χ1) is 8.04. The SMILES string of the molecule is CCCCNC(=O)Cn1cc([C@H](C)N)nc1C. The summed E-state index contributed by atoms with van der Waals surface area (Å²) in [6.07, 6.45) is 3.94. The number of rotatable bonds is 6. The van der Waals surface area contributed by atoms with Gasteiger partial charge in [0.25, 0.3) is 0 Å². The van der Waals surface area contributed by atoms with Crippen molar-refractivity contribution in [3.05, 3.63) is 17.7 Å². The number of aryl methyl sites for hydroxylation is 1. The number of amides is 1. The standard InChI is InChI=1S/C12H22N4O/c1-4-5-6-14-12(17)8-16-7-11(9(2)13)15-10(16)3/h7,9H,4-6,8,13H2,1-3H3,(H,14,17)/t9-/m0/s1. The summed E-state index contributed by atoms with van der Waals surface area (Å²) in [6, 6.07) is -0.0990. The molecule has 1 aromatic rings. The van der Waals surface area contributed by atoms with Gasteiger partial charge in [0, 0.05) is 18.8 Å². The van der Waals surface area contributed by atoms with Crippen LogP contribution in [-0.2, 0) is 11.3 Å². The lowest BCUT2D eigenvalue weighted by molar-refractivity contribution is -0.121. The Morgan fingerprint density at radius 1 is 1.65 bits per heavy atom. The zero-order valence-electron chi connectivity index (χ0n) is 10.9. The van der Waals surface area contributed by atoms with Crippen molar-refractivity contribution in [1.82, 2.24) is 14.9 Å². The number of imidazole rings is 1. The zero-order chi connectivity index (χ0) is 12.8.